The molecule has 2 atom stereocenters. The fourth-order valence-electron chi connectivity index (χ4n) is 4.19. The van der Waals surface area contributed by atoms with Crippen molar-refractivity contribution >= 4 is 0 Å². The van der Waals surface area contributed by atoms with Gasteiger partial charge in [0.1, 0.15) is 11.5 Å². The zero-order chi connectivity index (χ0) is 17.5. The topological polar surface area (TPSA) is 29.5 Å². The Labute approximate surface area is 148 Å². The fraction of sp³-hybridized carbons (Fsp3) is 0.727. The summed E-state index contributed by atoms with van der Waals surface area (Å²) in [5, 5.41) is 10.7. The average Bonchev–Trinajstić information content (AvgIpc) is 2.55. The van der Waals surface area contributed by atoms with E-state index < -0.39 is 0 Å². The van der Waals surface area contributed by atoms with Crippen molar-refractivity contribution in [3.05, 3.63) is 23.3 Å². The number of unbranched alkanes of at least 4 members (excludes halogenated alkanes) is 3. The van der Waals surface area contributed by atoms with Crippen LogP contribution in [0.3, 0.4) is 0 Å². The maximum Gasteiger partial charge on any atom is 0.126 e. The Kier molecular flexibility index (Phi) is 7.45. The summed E-state index contributed by atoms with van der Waals surface area (Å²) in [6.45, 7) is 9.91. The Morgan fingerprint density at radius 2 is 1.88 bits per heavy atom. The smallest absolute Gasteiger partial charge is 0.126 e. The summed E-state index contributed by atoms with van der Waals surface area (Å²) in [5.41, 5.74) is 2.30. The van der Waals surface area contributed by atoms with Crippen LogP contribution < -0.4 is 4.74 Å². The molecule has 1 unspecified atom stereocenters. The number of aromatic hydroxyl groups is 1. The minimum atomic E-state index is 0.435. The van der Waals surface area contributed by atoms with Crippen molar-refractivity contribution in [2.45, 2.75) is 85.0 Å². The molecule has 0 aromatic heterocycles. The fourth-order valence-corrected chi connectivity index (χ4v) is 4.19. The van der Waals surface area contributed by atoms with Crippen LogP contribution in [0, 0.1) is 11.8 Å². The van der Waals surface area contributed by atoms with Gasteiger partial charge in [-0.05, 0) is 61.1 Å². The van der Waals surface area contributed by atoms with Crippen LogP contribution in [-0.4, -0.2) is 11.7 Å². The first-order valence-corrected chi connectivity index (χ1v) is 10.1. The summed E-state index contributed by atoms with van der Waals surface area (Å²) in [6, 6.07) is 4.18. The lowest BCUT2D eigenvalue weighted by Crippen LogP contribution is -2.25. The zero-order valence-corrected chi connectivity index (χ0v) is 16.1. The molecule has 1 aromatic rings. The number of hydrogen-bond donors (Lipinski definition) is 1. The van der Waals surface area contributed by atoms with Crippen LogP contribution >= 0.6 is 0 Å². The number of benzene rings is 1. The summed E-state index contributed by atoms with van der Waals surface area (Å²) in [7, 11) is 0. The number of phenolic OH excluding ortho intramolecular Hbond substituents is 1. The van der Waals surface area contributed by atoms with Gasteiger partial charge in [-0.2, -0.15) is 0 Å². The molecule has 1 heterocycles. The van der Waals surface area contributed by atoms with Crippen molar-refractivity contribution in [2.75, 3.05) is 6.61 Å². The largest absolute Gasteiger partial charge is 0.508 e. The van der Waals surface area contributed by atoms with E-state index in [1.165, 1.54) is 44.1 Å². The molecule has 1 aromatic carbocycles. The summed E-state index contributed by atoms with van der Waals surface area (Å²) < 4.78 is 5.96. The predicted molar refractivity (Wildman–Crippen MR) is 102 cm³/mol. The van der Waals surface area contributed by atoms with Crippen molar-refractivity contribution in [2.24, 2.45) is 11.8 Å². The van der Waals surface area contributed by atoms with E-state index in [4.69, 9.17) is 4.74 Å². The lowest BCUT2D eigenvalue weighted by Gasteiger charge is -2.35. The highest BCUT2D eigenvalue weighted by Crippen LogP contribution is 2.47. The van der Waals surface area contributed by atoms with E-state index in [0.717, 1.165) is 30.8 Å². The molecule has 0 aliphatic carbocycles. The maximum atomic E-state index is 10.7. The summed E-state index contributed by atoms with van der Waals surface area (Å²) in [6.07, 6.45) is 9.47. The highest BCUT2D eigenvalue weighted by atomic mass is 16.5. The van der Waals surface area contributed by atoms with Crippen LogP contribution in [-0.2, 0) is 6.42 Å². The van der Waals surface area contributed by atoms with Crippen LogP contribution in [0.25, 0.3) is 0 Å². The van der Waals surface area contributed by atoms with E-state index in [9.17, 15) is 5.11 Å². The number of fused-ring (bicyclic) bond motifs is 1. The number of aryl methyl sites for hydroxylation is 1. The quantitative estimate of drug-likeness (QED) is 0.526. The van der Waals surface area contributed by atoms with E-state index in [0.29, 0.717) is 23.5 Å². The zero-order valence-electron chi connectivity index (χ0n) is 16.1. The van der Waals surface area contributed by atoms with E-state index in [1.807, 2.05) is 6.07 Å². The molecule has 136 valence electrons. The molecular weight excluding hydrogens is 296 g/mol. The van der Waals surface area contributed by atoms with Crippen molar-refractivity contribution in [3.63, 3.8) is 0 Å². The molecule has 0 spiro atoms. The Morgan fingerprint density at radius 1 is 1.12 bits per heavy atom. The summed E-state index contributed by atoms with van der Waals surface area (Å²) >= 11 is 0. The van der Waals surface area contributed by atoms with Crippen LogP contribution in [0.2, 0.25) is 0 Å². The Bertz CT molecular complexity index is 507. The first-order chi connectivity index (χ1) is 11.6. The third-order valence-corrected chi connectivity index (χ3v) is 5.57. The standard InChI is InChI=1S/C22H36O2/c1-5-7-9-10-17-14-20(23)22-19(12-13-24-21(22)15-17)18(16(3)4)11-8-6-2/h14-16,18-19,23H,5-13H2,1-4H3/t18?,19-/m1/s1. The van der Waals surface area contributed by atoms with Gasteiger partial charge >= 0.3 is 0 Å². The second-order valence-corrected chi connectivity index (χ2v) is 7.78. The molecule has 24 heavy (non-hydrogen) atoms. The van der Waals surface area contributed by atoms with Gasteiger partial charge in [-0.25, -0.2) is 0 Å². The van der Waals surface area contributed by atoms with E-state index in [1.54, 1.807) is 0 Å². The molecule has 0 saturated heterocycles. The summed E-state index contributed by atoms with van der Waals surface area (Å²) in [4.78, 5) is 0. The lowest BCUT2D eigenvalue weighted by molar-refractivity contribution is 0.198. The Morgan fingerprint density at radius 3 is 2.54 bits per heavy atom. The molecule has 0 bridgehead atoms. The van der Waals surface area contributed by atoms with E-state index in [-0.39, 0.29) is 0 Å². The minimum Gasteiger partial charge on any atom is -0.508 e. The van der Waals surface area contributed by atoms with Gasteiger partial charge in [-0.1, -0.05) is 53.4 Å². The molecule has 1 aliphatic heterocycles. The molecule has 0 amide bonds. The normalized spacial score (nSPS) is 18.3. The van der Waals surface area contributed by atoms with Crippen molar-refractivity contribution < 1.29 is 9.84 Å². The monoisotopic (exact) mass is 332 g/mol. The Balaban J connectivity index is 2.24. The molecule has 0 saturated carbocycles. The van der Waals surface area contributed by atoms with Crippen LogP contribution in [0.4, 0.5) is 0 Å². The highest BCUT2D eigenvalue weighted by Gasteiger charge is 2.33. The van der Waals surface area contributed by atoms with E-state index >= 15 is 0 Å². The van der Waals surface area contributed by atoms with Crippen LogP contribution in [0.15, 0.2) is 12.1 Å². The predicted octanol–water partition coefficient (Wildman–Crippen LogP) is 6.45. The van der Waals surface area contributed by atoms with Crippen molar-refractivity contribution in [1.29, 1.82) is 0 Å². The van der Waals surface area contributed by atoms with Crippen LogP contribution in [0.5, 0.6) is 11.5 Å². The Hall–Kier alpha value is -1.18. The first kappa shape index (κ1) is 19.1. The SMILES string of the molecule is CCCCCc1cc(O)c2c(c1)OCC[C@@H]2C(CCCC)C(C)C. The molecule has 1 aliphatic rings. The number of phenols is 1. The number of hydrogen-bond acceptors (Lipinski definition) is 2. The van der Waals surface area contributed by atoms with Gasteiger partial charge in [0.25, 0.3) is 0 Å². The van der Waals surface area contributed by atoms with Gasteiger partial charge in [-0.15, -0.1) is 0 Å². The molecule has 2 nitrogen and oxygen atoms in total. The second-order valence-electron chi connectivity index (χ2n) is 7.78. The molecular formula is C22H36O2. The minimum absolute atomic E-state index is 0.435. The highest BCUT2D eigenvalue weighted by molar-refractivity contribution is 5.50. The van der Waals surface area contributed by atoms with Crippen LogP contribution in [0.1, 0.15) is 89.7 Å². The number of rotatable bonds is 9. The lowest BCUT2D eigenvalue weighted by atomic mass is 9.73. The third-order valence-electron chi connectivity index (χ3n) is 5.57. The number of ether oxygens (including phenoxy) is 1. The van der Waals surface area contributed by atoms with Gasteiger partial charge in [0.05, 0.1) is 6.61 Å². The molecule has 2 heteroatoms. The molecule has 0 fully saturated rings. The van der Waals surface area contributed by atoms with Gasteiger partial charge in [0, 0.05) is 5.56 Å². The van der Waals surface area contributed by atoms with Crippen molar-refractivity contribution in [1.82, 2.24) is 0 Å². The third kappa shape index (κ3) is 4.68. The maximum absolute atomic E-state index is 10.7. The average molecular weight is 333 g/mol. The van der Waals surface area contributed by atoms with Gasteiger partial charge in [0.15, 0.2) is 0 Å². The molecule has 1 N–H and O–H groups in total. The van der Waals surface area contributed by atoms with Gasteiger partial charge < -0.3 is 9.84 Å². The second kappa shape index (κ2) is 9.34. The van der Waals surface area contributed by atoms with Gasteiger partial charge in [-0.3, -0.25) is 0 Å². The first-order valence-electron chi connectivity index (χ1n) is 10.1. The molecule has 0 radical (unpaired) electrons. The summed E-state index contributed by atoms with van der Waals surface area (Å²) in [5.74, 6) is 3.11. The van der Waals surface area contributed by atoms with E-state index in [2.05, 4.69) is 33.8 Å². The van der Waals surface area contributed by atoms with Gasteiger partial charge in [0.2, 0.25) is 0 Å². The van der Waals surface area contributed by atoms with Crippen molar-refractivity contribution in [3.8, 4) is 11.5 Å². The molecule has 2 rings (SSSR count).